The van der Waals surface area contributed by atoms with Crippen molar-refractivity contribution in [3.63, 3.8) is 0 Å². The molecule has 2 aromatic rings. The Bertz CT molecular complexity index is 891. The number of guanidine groups is 1. The fourth-order valence-electron chi connectivity index (χ4n) is 4.02. The molecule has 0 radical (unpaired) electrons. The summed E-state index contributed by atoms with van der Waals surface area (Å²) in [6, 6.07) is 14.3. The van der Waals surface area contributed by atoms with Crippen LogP contribution >= 0.6 is 24.0 Å². The summed E-state index contributed by atoms with van der Waals surface area (Å²) in [7, 11) is 0. The lowest BCUT2D eigenvalue weighted by Gasteiger charge is -2.39. The molecule has 1 fully saturated rings. The van der Waals surface area contributed by atoms with Crippen LogP contribution < -0.4 is 16.0 Å². The molecule has 3 N–H and O–H groups in total. The maximum Gasteiger partial charge on any atom is 0.191 e. The van der Waals surface area contributed by atoms with Gasteiger partial charge in [0.15, 0.2) is 17.6 Å². The van der Waals surface area contributed by atoms with Gasteiger partial charge in [-0.3, -0.25) is 4.99 Å². The predicted molar refractivity (Wildman–Crippen MR) is 140 cm³/mol. The lowest BCUT2D eigenvalue weighted by atomic mass is 9.88. The van der Waals surface area contributed by atoms with Crippen LogP contribution in [0.1, 0.15) is 56.8 Å². The van der Waals surface area contributed by atoms with Crippen molar-refractivity contribution in [3.05, 3.63) is 71.3 Å². The van der Waals surface area contributed by atoms with Gasteiger partial charge in [0, 0.05) is 31.3 Å². The number of hydrogen-bond acceptors (Lipinski definition) is 3. The number of nitrogens with zero attached hydrogens (tertiary/aromatic N) is 1. The topological polar surface area (TPSA) is 57.7 Å². The summed E-state index contributed by atoms with van der Waals surface area (Å²) in [6.45, 7) is 8.73. The molecule has 0 aromatic heterocycles. The molecule has 0 aliphatic carbocycles. The average Bonchev–Trinajstić information content (AvgIpc) is 2.80. The van der Waals surface area contributed by atoms with E-state index in [1.54, 1.807) is 6.07 Å². The van der Waals surface area contributed by atoms with Crippen LogP contribution in [0.5, 0.6) is 0 Å². The first kappa shape index (κ1) is 27.5. The third kappa shape index (κ3) is 7.89. The van der Waals surface area contributed by atoms with E-state index in [0.29, 0.717) is 37.8 Å². The van der Waals surface area contributed by atoms with E-state index in [9.17, 15) is 8.78 Å². The molecule has 3 rings (SSSR count). The van der Waals surface area contributed by atoms with E-state index in [-0.39, 0.29) is 41.6 Å². The van der Waals surface area contributed by atoms with Gasteiger partial charge in [0.25, 0.3) is 0 Å². The number of halogens is 3. The van der Waals surface area contributed by atoms with Gasteiger partial charge in [0.2, 0.25) is 0 Å². The lowest BCUT2D eigenvalue weighted by molar-refractivity contribution is 0.0374. The van der Waals surface area contributed by atoms with Crippen LogP contribution in [0.15, 0.2) is 53.5 Å². The Labute approximate surface area is 212 Å². The molecule has 2 atom stereocenters. The van der Waals surface area contributed by atoms with Crippen LogP contribution in [0.4, 0.5) is 8.78 Å². The molecule has 1 aliphatic heterocycles. The molecule has 0 amide bonds. The quantitative estimate of drug-likeness (QED) is 0.234. The van der Waals surface area contributed by atoms with Crippen molar-refractivity contribution in [3.8, 4) is 0 Å². The summed E-state index contributed by atoms with van der Waals surface area (Å²) in [5.41, 5.74) is 1.71. The van der Waals surface area contributed by atoms with Gasteiger partial charge in [-0.15, -0.1) is 24.0 Å². The zero-order valence-electron chi connectivity index (χ0n) is 19.5. The largest absolute Gasteiger partial charge is 0.381 e. The van der Waals surface area contributed by atoms with E-state index < -0.39 is 11.6 Å². The van der Waals surface area contributed by atoms with Crippen LogP contribution in [0.2, 0.25) is 0 Å². The van der Waals surface area contributed by atoms with E-state index >= 15 is 0 Å². The van der Waals surface area contributed by atoms with E-state index in [2.05, 4.69) is 47.1 Å². The highest BCUT2D eigenvalue weighted by molar-refractivity contribution is 14.0. The molecule has 182 valence electrons. The Morgan fingerprint density at radius 2 is 1.70 bits per heavy atom. The second-order valence-electron chi connectivity index (χ2n) is 8.40. The predicted octanol–water partition coefficient (Wildman–Crippen LogP) is 5.10. The lowest BCUT2D eigenvalue weighted by Crippen LogP contribution is -2.53. The zero-order chi connectivity index (χ0) is 23.0. The summed E-state index contributed by atoms with van der Waals surface area (Å²) >= 11 is 0. The van der Waals surface area contributed by atoms with Crippen molar-refractivity contribution >= 4 is 29.9 Å². The Kier molecular flexibility index (Phi) is 11.0. The molecular weight excluding hydrogens is 537 g/mol. The summed E-state index contributed by atoms with van der Waals surface area (Å²) in [4.78, 5) is 4.87. The molecule has 0 spiro atoms. The first-order valence-electron chi connectivity index (χ1n) is 11.3. The van der Waals surface area contributed by atoms with Gasteiger partial charge >= 0.3 is 0 Å². The molecule has 0 bridgehead atoms. The fraction of sp³-hybridized carbons (Fsp3) is 0.480. The van der Waals surface area contributed by atoms with E-state index in [4.69, 9.17) is 9.73 Å². The normalized spacial score (nSPS) is 17.5. The van der Waals surface area contributed by atoms with Crippen LogP contribution in [0, 0.1) is 11.6 Å². The molecule has 1 heterocycles. The molecule has 1 aliphatic rings. The van der Waals surface area contributed by atoms with Crippen molar-refractivity contribution in [1.29, 1.82) is 0 Å². The first-order valence-corrected chi connectivity index (χ1v) is 11.3. The Balaban J connectivity index is 0.00000385. The Hall–Kier alpha value is -1.78. The van der Waals surface area contributed by atoms with Crippen molar-refractivity contribution in [2.45, 2.75) is 51.2 Å². The molecule has 8 heteroatoms. The highest BCUT2D eigenvalue weighted by Gasteiger charge is 2.34. The molecule has 2 unspecified atom stereocenters. The van der Waals surface area contributed by atoms with Crippen LogP contribution in [0.25, 0.3) is 0 Å². The second kappa shape index (κ2) is 13.2. The second-order valence-corrected chi connectivity index (χ2v) is 8.40. The first-order chi connectivity index (χ1) is 15.4. The van der Waals surface area contributed by atoms with Crippen LogP contribution in [0.3, 0.4) is 0 Å². The molecule has 1 saturated heterocycles. The summed E-state index contributed by atoms with van der Waals surface area (Å²) in [6.07, 6.45) is 1.73. The van der Waals surface area contributed by atoms with Crippen molar-refractivity contribution in [2.75, 3.05) is 26.3 Å². The number of rotatable bonds is 8. The number of ether oxygens (including phenoxy) is 1. The maximum atomic E-state index is 13.7. The minimum Gasteiger partial charge on any atom is -0.381 e. The highest BCUT2D eigenvalue weighted by Crippen LogP contribution is 2.26. The van der Waals surface area contributed by atoms with E-state index in [1.165, 1.54) is 11.6 Å². The average molecular weight is 572 g/mol. The third-order valence-electron chi connectivity index (χ3n) is 5.95. The summed E-state index contributed by atoms with van der Waals surface area (Å²) in [5.74, 6) is -1.05. The highest BCUT2D eigenvalue weighted by atomic mass is 127. The van der Waals surface area contributed by atoms with Gasteiger partial charge in [0.05, 0.1) is 12.6 Å². The van der Waals surface area contributed by atoms with E-state index in [1.807, 2.05) is 19.9 Å². The molecule has 2 aromatic carbocycles. The minimum atomic E-state index is -0.849. The summed E-state index contributed by atoms with van der Waals surface area (Å²) in [5, 5.41) is 10.4. The standard InChI is InChI=1S/C25H34F2N4O.HI/c1-4-28-24(30-18(2)21-10-11-22(26)23(27)16-21)29-17-25(12-14-32-15-13-25)31-19(3)20-8-6-5-7-9-20;/h5-11,16,18-19,31H,4,12-15,17H2,1-3H3,(H2,28,29,30);1H. The SMILES string of the molecule is CCNC(=NCC1(NC(C)c2ccccc2)CCOCC1)NC(C)c1ccc(F)c(F)c1.I. The Morgan fingerprint density at radius 1 is 1.00 bits per heavy atom. The van der Waals surface area contributed by atoms with Gasteiger partial charge < -0.3 is 20.7 Å². The zero-order valence-corrected chi connectivity index (χ0v) is 21.9. The van der Waals surface area contributed by atoms with Gasteiger partial charge in [-0.1, -0.05) is 36.4 Å². The van der Waals surface area contributed by atoms with Gasteiger partial charge in [-0.05, 0) is 56.9 Å². The minimum absolute atomic E-state index is 0. The van der Waals surface area contributed by atoms with Gasteiger partial charge in [-0.2, -0.15) is 0 Å². The number of benzene rings is 2. The molecular formula is C25H35F2IN4O. The number of nitrogens with one attached hydrogen (secondary N) is 3. The fourth-order valence-corrected chi connectivity index (χ4v) is 4.02. The number of hydrogen-bond donors (Lipinski definition) is 3. The van der Waals surface area contributed by atoms with Crippen LogP contribution in [-0.2, 0) is 4.74 Å². The van der Waals surface area contributed by atoms with Crippen molar-refractivity contribution in [2.24, 2.45) is 4.99 Å². The summed E-state index contributed by atoms with van der Waals surface area (Å²) < 4.78 is 32.6. The number of aliphatic imine (C=N–C) groups is 1. The van der Waals surface area contributed by atoms with Gasteiger partial charge in [-0.25, -0.2) is 8.78 Å². The maximum absolute atomic E-state index is 13.7. The monoisotopic (exact) mass is 572 g/mol. The third-order valence-corrected chi connectivity index (χ3v) is 5.95. The van der Waals surface area contributed by atoms with Crippen molar-refractivity contribution in [1.82, 2.24) is 16.0 Å². The van der Waals surface area contributed by atoms with E-state index in [0.717, 1.165) is 18.9 Å². The molecule has 33 heavy (non-hydrogen) atoms. The van der Waals surface area contributed by atoms with Crippen LogP contribution in [-0.4, -0.2) is 37.8 Å². The molecule has 5 nitrogen and oxygen atoms in total. The Morgan fingerprint density at radius 3 is 2.33 bits per heavy atom. The van der Waals surface area contributed by atoms with Gasteiger partial charge in [0.1, 0.15) is 0 Å². The smallest absolute Gasteiger partial charge is 0.191 e. The van der Waals surface area contributed by atoms with Crippen molar-refractivity contribution < 1.29 is 13.5 Å². The molecule has 0 saturated carbocycles.